The molecule has 0 saturated heterocycles. The van der Waals surface area contributed by atoms with Gasteiger partial charge >= 0.3 is 0 Å². The molecule has 1 rings (SSSR count). The minimum atomic E-state index is -0.544. The maximum atomic E-state index is 10.2. The molecule has 11 heavy (non-hydrogen) atoms. The Kier molecular flexibility index (Phi) is 2.93. The van der Waals surface area contributed by atoms with Gasteiger partial charge in [-0.25, -0.2) is 10.1 Å². The van der Waals surface area contributed by atoms with Crippen LogP contribution < -0.4 is 0 Å². The number of nitrogens with zero attached hydrogens (tertiary/aromatic N) is 2. The highest BCUT2D eigenvalue weighted by molar-refractivity contribution is 6.12. The average Bonchev–Trinajstić information content (AvgIpc) is 2.05. The van der Waals surface area contributed by atoms with Crippen molar-refractivity contribution in [2.75, 3.05) is 0 Å². The van der Waals surface area contributed by atoms with Crippen molar-refractivity contribution in [1.82, 2.24) is 4.53 Å². The predicted molar refractivity (Wildman–Crippen MR) is 41.6 cm³/mol. The predicted octanol–water partition coefficient (Wildman–Crippen LogP) is 1.97. The van der Waals surface area contributed by atoms with Crippen LogP contribution in [0.1, 0.15) is 32.1 Å². The van der Waals surface area contributed by atoms with Gasteiger partial charge in [0, 0.05) is 0 Å². The number of halogens is 1. The van der Waals surface area contributed by atoms with Crippen molar-refractivity contribution < 1.29 is 5.03 Å². The van der Waals surface area contributed by atoms with Crippen LogP contribution in [0.25, 0.3) is 0 Å². The van der Waals surface area contributed by atoms with Crippen molar-refractivity contribution >= 4 is 11.8 Å². The van der Waals surface area contributed by atoms with Crippen LogP contribution in [-0.4, -0.2) is 15.6 Å². The number of hydrogen-bond donors (Lipinski definition) is 0. The van der Waals surface area contributed by atoms with Crippen LogP contribution in [0.3, 0.4) is 0 Å². The third kappa shape index (κ3) is 2.22. The van der Waals surface area contributed by atoms with Gasteiger partial charge in [0.15, 0.2) is 5.03 Å². The molecule has 0 unspecified atom stereocenters. The van der Waals surface area contributed by atoms with Gasteiger partial charge in [-0.3, -0.25) is 0 Å². The van der Waals surface area contributed by atoms with E-state index in [2.05, 4.69) is 0 Å². The molecule has 0 aromatic heterocycles. The van der Waals surface area contributed by atoms with Crippen LogP contribution in [0.2, 0.25) is 0 Å². The van der Waals surface area contributed by atoms with Crippen molar-refractivity contribution in [3.8, 4) is 0 Å². The minimum Gasteiger partial charge on any atom is -0.234 e. The lowest BCUT2D eigenvalue weighted by molar-refractivity contribution is -0.631. The zero-order valence-electron chi connectivity index (χ0n) is 6.20. The molecule has 1 aliphatic rings. The summed E-state index contributed by atoms with van der Waals surface area (Å²) in [4.78, 5) is 10.2. The van der Waals surface area contributed by atoms with Gasteiger partial charge in [-0.15, -0.1) is 0 Å². The number of rotatable bonds is 2. The molecule has 0 radical (unpaired) electrons. The van der Waals surface area contributed by atoms with E-state index in [0.717, 1.165) is 30.2 Å². The van der Waals surface area contributed by atoms with Gasteiger partial charge in [0.2, 0.25) is 0 Å². The van der Waals surface area contributed by atoms with Crippen molar-refractivity contribution in [2.24, 2.45) is 0 Å². The molecule has 0 heterocycles. The van der Waals surface area contributed by atoms with Gasteiger partial charge < -0.3 is 0 Å². The van der Waals surface area contributed by atoms with E-state index in [-0.39, 0.29) is 6.04 Å². The minimum absolute atomic E-state index is 0.0552. The third-order valence-electron chi connectivity index (χ3n) is 2.03. The van der Waals surface area contributed by atoms with Crippen molar-refractivity contribution in [3.05, 3.63) is 10.1 Å². The Bertz CT molecular complexity index is 148. The molecule has 0 aromatic rings. The number of nitro groups is 1. The van der Waals surface area contributed by atoms with Gasteiger partial charge in [-0.2, -0.15) is 0 Å². The zero-order valence-corrected chi connectivity index (χ0v) is 6.96. The topological polar surface area (TPSA) is 46.4 Å². The van der Waals surface area contributed by atoms with Crippen LogP contribution in [-0.2, 0) is 0 Å². The Morgan fingerprint density at radius 3 is 2.36 bits per heavy atom. The standard InChI is InChI=1S/C6H11ClN2O2/c7-8(9(10)11)6-4-2-1-3-5-6/h6H,1-5H2. The average molecular weight is 179 g/mol. The van der Waals surface area contributed by atoms with Crippen molar-refractivity contribution in [3.63, 3.8) is 0 Å². The Labute approximate surface area is 70.4 Å². The summed E-state index contributed by atoms with van der Waals surface area (Å²) in [6, 6.07) is -0.0552. The molecule has 0 aliphatic heterocycles. The largest absolute Gasteiger partial charge is 0.234 e. The zero-order chi connectivity index (χ0) is 8.27. The van der Waals surface area contributed by atoms with Gasteiger partial charge in [-0.1, -0.05) is 19.3 Å². The van der Waals surface area contributed by atoms with E-state index in [1.807, 2.05) is 0 Å². The summed E-state index contributed by atoms with van der Waals surface area (Å²) in [5.41, 5.74) is 0. The van der Waals surface area contributed by atoms with Crippen LogP contribution >= 0.6 is 11.8 Å². The molecule has 1 aliphatic carbocycles. The second-order valence-corrected chi connectivity index (χ2v) is 3.16. The summed E-state index contributed by atoms with van der Waals surface area (Å²) in [6.07, 6.45) is 5.00. The van der Waals surface area contributed by atoms with E-state index in [0.29, 0.717) is 0 Å². The molecule has 0 bridgehead atoms. The van der Waals surface area contributed by atoms with Gasteiger partial charge in [0.1, 0.15) is 6.04 Å². The Morgan fingerprint density at radius 2 is 1.91 bits per heavy atom. The first kappa shape index (κ1) is 8.59. The molecule has 0 spiro atoms. The fourth-order valence-corrected chi connectivity index (χ4v) is 1.62. The number of hydrazine groups is 1. The summed E-state index contributed by atoms with van der Waals surface area (Å²) < 4.78 is 0.721. The molecule has 1 fully saturated rings. The quantitative estimate of drug-likeness (QED) is 0.369. The lowest BCUT2D eigenvalue weighted by Crippen LogP contribution is -2.33. The lowest BCUT2D eigenvalue weighted by atomic mass is 9.96. The smallest absolute Gasteiger partial charge is 0.176 e. The second kappa shape index (κ2) is 3.76. The molecule has 1 saturated carbocycles. The SMILES string of the molecule is O=[N+]([O-])N(Cl)C1CCCCC1. The molecule has 5 heteroatoms. The maximum absolute atomic E-state index is 10.2. The monoisotopic (exact) mass is 178 g/mol. The maximum Gasteiger partial charge on any atom is 0.176 e. The van der Waals surface area contributed by atoms with E-state index >= 15 is 0 Å². The van der Waals surface area contributed by atoms with Crippen LogP contribution in [0.15, 0.2) is 0 Å². The molecule has 4 nitrogen and oxygen atoms in total. The fraction of sp³-hybridized carbons (Fsp3) is 1.00. The Morgan fingerprint density at radius 1 is 1.36 bits per heavy atom. The highest BCUT2D eigenvalue weighted by Crippen LogP contribution is 2.23. The first-order chi connectivity index (χ1) is 5.22. The van der Waals surface area contributed by atoms with Gasteiger partial charge in [0.05, 0.1) is 11.8 Å². The molecule has 0 amide bonds. The summed E-state index contributed by atoms with van der Waals surface area (Å²) in [7, 11) is 0. The number of hydrogen-bond acceptors (Lipinski definition) is 2. The highest BCUT2D eigenvalue weighted by Gasteiger charge is 2.26. The first-order valence-electron chi connectivity index (χ1n) is 3.81. The summed E-state index contributed by atoms with van der Waals surface area (Å²) >= 11 is 5.43. The van der Waals surface area contributed by atoms with Gasteiger partial charge in [0.25, 0.3) is 0 Å². The van der Waals surface area contributed by atoms with E-state index in [9.17, 15) is 10.1 Å². The molecular weight excluding hydrogens is 168 g/mol. The molecule has 0 aromatic carbocycles. The highest BCUT2D eigenvalue weighted by atomic mass is 35.5. The molecule has 0 N–H and O–H groups in total. The van der Waals surface area contributed by atoms with Gasteiger partial charge in [-0.05, 0) is 17.4 Å². The molecule has 64 valence electrons. The van der Waals surface area contributed by atoms with Crippen LogP contribution in [0.4, 0.5) is 0 Å². The van der Waals surface area contributed by atoms with E-state index in [1.54, 1.807) is 0 Å². The third-order valence-corrected chi connectivity index (χ3v) is 2.43. The Hall–Kier alpha value is -0.510. The van der Waals surface area contributed by atoms with E-state index in [4.69, 9.17) is 11.8 Å². The van der Waals surface area contributed by atoms with E-state index < -0.39 is 5.03 Å². The van der Waals surface area contributed by atoms with Crippen molar-refractivity contribution in [2.45, 2.75) is 38.1 Å². The summed E-state index contributed by atoms with van der Waals surface area (Å²) in [5.74, 6) is 0. The summed E-state index contributed by atoms with van der Waals surface area (Å²) in [6.45, 7) is 0. The first-order valence-corrected chi connectivity index (χ1v) is 4.15. The van der Waals surface area contributed by atoms with Crippen LogP contribution in [0.5, 0.6) is 0 Å². The lowest BCUT2D eigenvalue weighted by Gasteiger charge is -2.21. The van der Waals surface area contributed by atoms with E-state index in [1.165, 1.54) is 6.42 Å². The normalized spacial score (nSPS) is 19.7. The summed E-state index contributed by atoms with van der Waals surface area (Å²) in [5, 5.41) is 9.65. The molecule has 0 atom stereocenters. The fourth-order valence-electron chi connectivity index (χ4n) is 1.43. The van der Waals surface area contributed by atoms with Crippen LogP contribution in [0, 0.1) is 10.1 Å². The Balaban J connectivity index is 2.38. The van der Waals surface area contributed by atoms with Crippen molar-refractivity contribution in [1.29, 1.82) is 0 Å². The second-order valence-electron chi connectivity index (χ2n) is 2.82. The molecular formula is C6H11ClN2O2.